The number of pyridine rings is 1. The Hall–Kier alpha value is -2.68. The number of anilines is 1. The van der Waals surface area contributed by atoms with Crippen LogP contribution in [0.1, 0.15) is 31.1 Å². The first-order valence-electron chi connectivity index (χ1n) is 7.67. The second-order valence-corrected chi connectivity index (χ2v) is 6.74. The molecule has 0 unspecified atom stereocenters. The molecule has 0 atom stereocenters. The van der Waals surface area contributed by atoms with Gasteiger partial charge in [-0.15, -0.1) is 0 Å². The van der Waals surface area contributed by atoms with Crippen LogP contribution in [0, 0.1) is 5.41 Å². The van der Waals surface area contributed by atoms with E-state index >= 15 is 0 Å². The molecule has 3 aromatic rings. The van der Waals surface area contributed by atoms with Crippen LogP contribution in [0.5, 0.6) is 0 Å². The highest BCUT2D eigenvalue weighted by molar-refractivity contribution is 6.12. The van der Waals surface area contributed by atoms with E-state index in [2.05, 4.69) is 17.1 Å². The third-order valence-electron chi connectivity index (χ3n) is 3.89. The minimum Gasteiger partial charge on any atom is -0.384 e. The molecule has 3 rings (SSSR count). The van der Waals surface area contributed by atoms with Crippen LogP contribution < -0.4 is 5.73 Å². The molecule has 0 aliphatic carbocycles. The van der Waals surface area contributed by atoms with E-state index in [0.717, 1.165) is 16.5 Å². The predicted octanol–water partition coefficient (Wildman–Crippen LogP) is 4.71. The van der Waals surface area contributed by atoms with Crippen molar-refractivity contribution < 1.29 is 4.79 Å². The average molecular weight is 304 g/mol. The number of Topliss-reactive ketones (excluding diaryl/α,β-unsaturated/α-hetero) is 1. The molecule has 0 aliphatic rings. The van der Waals surface area contributed by atoms with Gasteiger partial charge in [0.05, 0.1) is 5.52 Å². The lowest BCUT2D eigenvalue weighted by Gasteiger charge is -2.18. The lowest BCUT2D eigenvalue weighted by molar-refractivity contribution is 0.0860. The fourth-order valence-corrected chi connectivity index (χ4v) is 2.69. The van der Waals surface area contributed by atoms with E-state index in [1.54, 1.807) is 6.07 Å². The molecule has 2 aromatic carbocycles. The summed E-state index contributed by atoms with van der Waals surface area (Å²) < 4.78 is 0. The SMILES string of the molecule is CC(C)(C)C(=O)c1ccc(-c2ccccc2)c2ccc(N)nc12. The van der Waals surface area contributed by atoms with Crippen LogP contribution in [0.25, 0.3) is 22.0 Å². The van der Waals surface area contributed by atoms with Gasteiger partial charge in [-0.05, 0) is 29.3 Å². The Kier molecular flexibility index (Phi) is 3.64. The molecule has 0 saturated heterocycles. The molecule has 1 heterocycles. The number of rotatable bonds is 2. The van der Waals surface area contributed by atoms with Gasteiger partial charge in [0.15, 0.2) is 5.78 Å². The molecule has 0 saturated carbocycles. The zero-order valence-corrected chi connectivity index (χ0v) is 13.6. The quantitative estimate of drug-likeness (QED) is 0.697. The maximum atomic E-state index is 12.8. The van der Waals surface area contributed by atoms with Crippen LogP contribution in [0.2, 0.25) is 0 Å². The highest BCUT2D eigenvalue weighted by atomic mass is 16.1. The number of aromatic nitrogens is 1. The highest BCUT2D eigenvalue weighted by Crippen LogP contribution is 2.33. The van der Waals surface area contributed by atoms with E-state index in [0.29, 0.717) is 16.9 Å². The summed E-state index contributed by atoms with van der Waals surface area (Å²) in [7, 11) is 0. The molecule has 0 aliphatic heterocycles. The molecule has 0 bridgehead atoms. The largest absolute Gasteiger partial charge is 0.384 e. The second-order valence-electron chi connectivity index (χ2n) is 6.74. The number of hydrogen-bond acceptors (Lipinski definition) is 3. The molecular formula is C20H20N2O. The third-order valence-corrected chi connectivity index (χ3v) is 3.89. The maximum absolute atomic E-state index is 12.8. The average Bonchev–Trinajstić information content (AvgIpc) is 2.53. The summed E-state index contributed by atoms with van der Waals surface area (Å²) in [5.41, 5.74) is 8.85. The molecule has 2 N–H and O–H groups in total. The van der Waals surface area contributed by atoms with Crippen LogP contribution in [0.15, 0.2) is 54.6 Å². The molecule has 3 nitrogen and oxygen atoms in total. The fourth-order valence-electron chi connectivity index (χ4n) is 2.69. The molecule has 23 heavy (non-hydrogen) atoms. The van der Waals surface area contributed by atoms with E-state index < -0.39 is 5.41 Å². The van der Waals surface area contributed by atoms with Crippen molar-refractivity contribution in [1.29, 1.82) is 0 Å². The number of carbonyl (C=O) groups is 1. The van der Waals surface area contributed by atoms with E-state index in [4.69, 9.17) is 5.73 Å². The first kappa shape index (κ1) is 15.2. The van der Waals surface area contributed by atoms with Gasteiger partial charge >= 0.3 is 0 Å². The summed E-state index contributed by atoms with van der Waals surface area (Å²) in [6.45, 7) is 5.75. The van der Waals surface area contributed by atoms with E-state index in [1.807, 2.05) is 57.2 Å². The van der Waals surface area contributed by atoms with Gasteiger partial charge in [-0.3, -0.25) is 4.79 Å². The van der Waals surface area contributed by atoms with Crippen molar-refractivity contribution in [2.75, 3.05) is 5.73 Å². The topological polar surface area (TPSA) is 56.0 Å². The van der Waals surface area contributed by atoms with Crippen molar-refractivity contribution in [3.05, 3.63) is 60.2 Å². The van der Waals surface area contributed by atoms with Crippen molar-refractivity contribution in [2.45, 2.75) is 20.8 Å². The highest BCUT2D eigenvalue weighted by Gasteiger charge is 2.25. The number of carbonyl (C=O) groups excluding carboxylic acids is 1. The van der Waals surface area contributed by atoms with Crippen LogP contribution in [0.3, 0.4) is 0 Å². The van der Waals surface area contributed by atoms with Crippen molar-refractivity contribution in [3.63, 3.8) is 0 Å². The standard InChI is InChI=1S/C20H20N2O/c1-20(2,3)19(23)16-10-9-14(13-7-5-4-6-8-13)15-11-12-17(21)22-18(15)16/h4-12H,1-3H3,(H2,21,22). The number of ketones is 1. The van der Waals surface area contributed by atoms with Gasteiger partial charge in [-0.1, -0.05) is 57.2 Å². The van der Waals surface area contributed by atoms with Gasteiger partial charge in [0.25, 0.3) is 0 Å². The van der Waals surface area contributed by atoms with Crippen LogP contribution in [-0.2, 0) is 0 Å². The zero-order chi connectivity index (χ0) is 16.6. The van der Waals surface area contributed by atoms with Crippen molar-refractivity contribution >= 4 is 22.5 Å². The van der Waals surface area contributed by atoms with Gasteiger partial charge in [-0.2, -0.15) is 0 Å². The summed E-state index contributed by atoms with van der Waals surface area (Å²) in [5, 5.41) is 0.945. The molecule has 3 heteroatoms. The van der Waals surface area contributed by atoms with Crippen LogP contribution >= 0.6 is 0 Å². The van der Waals surface area contributed by atoms with Crippen molar-refractivity contribution in [2.24, 2.45) is 5.41 Å². The van der Waals surface area contributed by atoms with Crippen molar-refractivity contribution in [3.8, 4) is 11.1 Å². The van der Waals surface area contributed by atoms with Gasteiger partial charge < -0.3 is 5.73 Å². The number of nitrogen functional groups attached to an aromatic ring is 1. The van der Waals surface area contributed by atoms with Gasteiger partial charge in [0.1, 0.15) is 5.82 Å². The first-order valence-corrected chi connectivity index (χ1v) is 7.67. The predicted molar refractivity (Wildman–Crippen MR) is 95.4 cm³/mol. The van der Waals surface area contributed by atoms with Crippen LogP contribution in [0.4, 0.5) is 5.82 Å². The summed E-state index contributed by atoms with van der Waals surface area (Å²) in [6.07, 6.45) is 0. The molecule has 0 spiro atoms. The lowest BCUT2D eigenvalue weighted by Crippen LogP contribution is -2.20. The first-order chi connectivity index (χ1) is 10.9. The molecule has 0 fully saturated rings. The lowest BCUT2D eigenvalue weighted by atomic mass is 9.84. The Balaban J connectivity index is 2.31. The summed E-state index contributed by atoms with van der Waals surface area (Å²) >= 11 is 0. The summed E-state index contributed by atoms with van der Waals surface area (Å²) in [4.78, 5) is 17.2. The molecule has 116 valence electrons. The van der Waals surface area contributed by atoms with E-state index in [9.17, 15) is 4.79 Å². The number of nitrogens with zero attached hydrogens (tertiary/aromatic N) is 1. The Morgan fingerprint density at radius 2 is 1.65 bits per heavy atom. The summed E-state index contributed by atoms with van der Waals surface area (Å²) in [5.74, 6) is 0.492. The zero-order valence-electron chi connectivity index (χ0n) is 13.6. The molecular weight excluding hydrogens is 284 g/mol. The van der Waals surface area contributed by atoms with Gasteiger partial charge in [0, 0.05) is 16.4 Å². The monoisotopic (exact) mass is 304 g/mol. The molecule has 0 amide bonds. The fraction of sp³-hybridized carbons (Fsp3) is 0.200. The third kappa shape index (κ3) is 2.82. The molecule has 0 radical (unpaired) electrons. The number of hydrogen-bond donors (Lipinski definition) is 1. The number of benzene rings is 2. The number of fused-ring (bicyclic) bond motifs is 1. The second kappa shape index (κ2) is 5.51. The van der Waals surface area contributed by atoms with Gasteiger partial charge in [-0.25, -0.2) is 4.98 Å². The Morgan fingerprint density at radius 1 is 0.957 bits per heavy atom. The normalized spacial score (nSPS) is 11.6. The minimum absolute atomic E-state index is 0.0696. The van der Waals surface area contributed by atoms with Crippen molar-refractivity contribution in [1.82, 2.24) is 4.98 Å². The summed E-state index contributed by atoms with van der Waals surface area (Å²) in [6, 6.07) is 17.7. The Morgan fingerprint density at radius 3 is 2.30 bits per heavy atom. The minimum atomic E-state index is -0.465. The Bertz CT molecular complexity index is 877. The Labute approximate surface area is 136 Å². The van der Waals surface area contributed by atoms with E-state index in [-0.39, 0.29) is 5.78 Å². The van der Waals surface area contributed by atoms with Gasteiger partial charge in [0.2, 0.25) is 0 Å². The maximum Gasteiger partial charge on any atom is 0.170 e. The van der Waals surface area contributed by atoms with Crippen LogP contribution in [-0.4, -0.2) is 10.8 Å². The number of nitrogens with two attached hydrogens (primary N) is 1. The smallest absolute Gasteiger partial charge is 0.170 e. The molecule has 1 aromatic heterocycles. The van der Waals surface area contributed by atoms with E-state index in [1.165, 1.54) is 0 Å².